The number of amides is 1. The first-order chi connectivity index (χ1) is 15.6. The minimum absolute atomic E-state index is 0.0496. The second-order valence-electron chi connectivity index (χ2n) is 9.14. The third kappa shape index (κ3) is 5.30. The van der Waals surface area contributed by atoms with Crippen LogP contribution in [0, 0.1) is 0 Å². The van der Waals surface area contributed by atoms with Crippen molar-refractivity contribution in [2.24, 2.45) is 0 Å². The summed E-state index contributed by atoms with van der Waals surface area (Å²) >= 11 is 0. The van der Waals surface area contributed by atoms with Gasteiger partial charge in [0.15, 0.2) is 0 Å². The summed E-state index contributed by atoms with van der Waals surface area (Å²) in [7, 11) is 0. The number of halogens is 2. The molecule has 176 valence electrons. The number of aromatic nitrogens is 3. The van der Waals surface area contributed by atoms with Crippen molar-refractivity contribution in [2.75, 3.05) is 11.9 Å². The number of nitrogens with one attached hydrogen (secondary N) is 1. The van der Waals surface area contributed by atoms with E-state index in [9.17, 15) is 13.6 Å². The molecule has 0 aliphatic carbocycles. The largest absolute Gasteiger partial charge is 0.490 e. The summed E-state index contributed by atoms with van der Waals surface area (Å²) in [4.78, 5) is 16.9. The molecule has 4 rings (SSSR count). The predicted octanol–water partition coefficient (Wildman–Crippen LogP) is 5.54. The van der Waals surface area contributed by atoms with E-state index in [1.54, 1.807) is 12.1 Å². The van der Waals surface area contributed by atoms with Gasteiger partial charge in [0.2, 0.25) is 0 Å². The van der Waals surface area contributed by atoms with Gasteiger partial charge >= 0.3 is 0 Å². The highest BCUT2D eigenvalue weighted by atomic mass is 19.3. The summed E-state index contributed by atoms with van der Waals surface area (Å²) in [5, 5.41) is 8.13. The number of pyridine rings is 1. The first-order valence-corrected chi connectivity index (χ1v) is 11.0. The van der Waals surface area contributed by atoms with Gasteiger partial charge in [0.1, 0.15) is 17.3 Å². The summed E-state index contributed by atoms with van der Waals surface area (Å²) in [6, 6.07) is 7.76. The molecule has 0 radical (unpaired) electrons. The highest BCUT2D eigenvalue weighted by Gasteiger charge is 2.30. The average Bonchev–Trinajstić information content (AvgIpc) is 3.15. The highest BCUT2D eigenvalue weighted by molar-refractivity contribution is 6.08. The second kappa shape index (κ2) is 9.05. The van der Waals surface area contributed by atoms with Crippen molar-refractivity contribution < 1.29 is 23.0 Å². The molecule has 1 aliphatic rings. The number of carbonyl (C=O) groups is 1. The van der Waals surface area contributed by atoms with Crippen LogP contribution in [0.2, 0.25) is 0 Å². The van der Waals surface area contributed by atoms with Crippen LogP contribution in [0.5, 0.6) is 5.75 Å². The molecule has 7 nitrogen and oxygen atoms in total. The Labute approximate surface area is 191 Å². The summed E-state index contributed by atoms with van der Waals surface area (Å²) in [6.45, 7) is 8.52. The summed E-state index contributed by atoms with van der Waals surface area (Å²) < 4.78 is 39.6. The molecule has 1 saturated heterocycles. The van der Waals surface area contributed by atoms with Gasteiger partial charge in [-0.2, -0.15) is 5.10 Å². The number of ether oxygens (including phenoxy) is 2. The molecule has 33 heavy (non-hydrogen) atoms. The van der Waals surface area contributed by atoms with E-state index in [1.807, 2.05) is 24.7 Å². The zero-order valence-corrected chi connectivity index (χ0v) is 19.1. The lowest BCUT2D eigenvalue weighted by molar-refractivity contribution is -0.0707. The van der Waals surface area contributed by atoms with Crippen LogP contribution in [0.25, 0.3) is 10.9 Å². The van der Waals surface area contributed by atoms with Crippen molar-refractivity contribution in [1.82, 2.24) is 14.8 Å². The quantitative estimate of drug-likeness (QED) is 0.525. The summed E-state index contributed by atoms with van der Waals surface area (Å²) in [5.74, 6) is -0.0717. The normalized spacial score (nSPS) is 18.1. The standard InChI is InChI=1S/C24H28F2N4O3/c1-14(2)33-20-11-19-15(13-30(29-19)16-8-9-32-24(3,4)12-16)10-17(20)23(31)28-21-7-5-6-18(27-21)22(25)26/h5-7,10-11,13-14,16,22H,8-9,12H2,1-4H3,(H,27,28,31). The Hall–Kier alpha value is -3.07. The van der Waals surface area contributed by atoms with Crippen molar-refractivity contribution in [1.29, 1.82) is 0 Å². The lowest BCUT2D eigenvalue weighted by atomic mass is 9.94. The van der Waals surface area contributed by atoms with Gasteiger partial charge in [0.05, 0.1) is 28.8 Å². The summed E-state index contributed by atoms with van der Waals surface area (Å²) in [5.41, 5.74) is 0.372. The molecule has 2 aromatic heterocycles. The molecule has 3 aromatic rings. The van der Waals surface area contributed by atoms with Crippen LogP contribution >= 0.6 is 0 Å². The minimum atomic E-state index is -2.72. The average molecular weight is 459 g/mol. The van der Waals surface area contributed by atoms with Crippen LogP contribution < -0.4 is 10.1 Å². The number of hydrogen-bond donors (Lipinski definition) is 1. The van der Waals surface area contributed by atoms with Gasteiger partial charge in [-0.3, -0.25) is 9.48 Å². The first kappa shape index (κ1) is 23.1. The van der Waals surface area contributed by atoms with Crippen molar-refractivity contribution in [3.8, 4) is 5.75 Å². The molecule has 1 aromatic carbocycles. The van der Waals surface area contributed by atoms with Gasteiger partial charge in [-0.05, 0) is 58.7 Å². The SMILES string of the molecule is CC(C)Oc1cc2nn(C3CCOC(C)(C)C3)cc2cc1C(=O)Nc1cccc(C(F)F)n1. The molecule has 1 aliphatic heterocycles. The van der Waals surface area contributed by atoms with Crippen molar-refractivity contribution >= 4 is 22.6 Å². The maximum Gasteiger partial charge on any atom is 0.280 e. The smallest absolute Gasteiger partial charge is 0.280 e. The number of fused-ring (bicyclic) bond motifs is 1. The molecule has 0 saturated carbocycles. The number of anilines is 1. The van der Waals surface area contributed by atoms with E-state index in [-0.39, 0.29) is 29.1 Å². The van der Waals surface area contributed by atoms with E-state index < -0.39 is 18.0 Å². The Morgan fingerprint density at radius 1 is 1.30 bits per heavy atom. The van der Waals surface area contributed by atoms with E-state index in [0.29, 0.717) is 17.9 Å². The van der Waals surface area contributed by atoms with Crippen LogP contribution in [-0.2, 0) is 4.74 Å². The third-order valence-corrected chi connectivity index (χ3v) is 5.51. The molecule has 0 spiro atoms. The Bertz CT molecular complexity index is 1160. The maximum absolute atomic E-state index is 13.1. The Kier molecular flexibility index (Phi) is 6.34. The van der Waals surface area contributed by atoms with E-state index in [1.165, 1.54) is 18.2 Å². The zero-order chi connectivity index (χ0) is 23.8. The Balaban J connectivity index is 1.67. The van der Waals surface area contributed by atoms with Crippen LogP contribution in [0.3, 0.4) is 0 Å². The minimum Gasteiger partial charge on any atom is -0.490 e. The van der Waals surface area contributed by atoms with Crippen molar-refractivity contribution in [3.05, 3.63) is 47.8 Å². The van der Waals surface area contributed by atoms with Gasteiger partial charge in [0, 0.05) is 24.3 Å². The fourth-order valence-corrected chi connectivity index (χ4v) is 4.04. The van der Waals surface area contributed by atoms with E-state index in [0.717, 1.165) is 18.2 Å². The topological polar surface area (TPSA) is 78.3 Å². The number of carbonyl (C=O) groups excluding carboxylic acids is 1. The predicted molar refractivity (Wildman–Crippen MR) is 121 cm³/mol. The van der Waals surface area contributed by atoms with E-state index >= 15 is 0 Å². The molecule has 1 unspecified atom stereocenters. The molecule has 1 amide bonds. The van der Waals surface area contributed by atoms with Crippen LogP contribution in [0.1, 0.15) is 69.1 Å². The Morgan fingerprint density at radius 3 is 2.79 bits per heavy atom. The monoisotopic (exact) mass is 458 g/mol. The molecule has 9 heteroatoms. The molecule has 1 fully saturated rings. The van der Waals surface area contributed by atoms with Gasteiger partial charge in [-0.1, -0.05) is 6.07 Å². The molecule has 0 bridgehead atoms. The van der Waals surface area contributed by atoms with Gasteiger partial charge in [0.25, 0.3) is 12.3 Å². The number of rotatable bonds is 6. The fraction of sp³-hybridized carbons (Fsp3) is 0.458. The third-order valence-electron chi connectivity index (χ3n) is 5.51. The van der Waals surface area contributed by atoms with Crippen LogP contribution in [0.4, 0.5) is 14.6 Å². The van der Waals surface area contributed by atoms with Crippen LogP contribution in [-0.4, -0.2) is 39.0 Å². The van der Waals surface area contributed by atoms with Crippen LogP contribution in [0.15, 0.2) is 36.5 Å². The zero-order valence-electron chi connectivity index (χ0n) is 19.1. The van der Waals surface area contributed by atoms with E-state index in [4.69, 9.17) is 14.6 Å². The van der Waals surface area contributed by atoms with Crippen molar-refractivity contribution in [2.45, 2.75) is 64.7 Å². The van der Waals surface area contributed by atoms with Gasteiger partial charge in [-0.25, -0.2) is 13.8 Å². The lowest BCUT2D eigenvalue weighted by Crippen LogP contribution is -2.35. The number of hydrogen-bond acceptors (Lipinski definition) is 5. The van der Waals surface area contributed by atoms with Gasteiger partial charge in [-0.15, -0.1) is 0 Å². The molecular formula is C24H28F2N4O3. The second-order valence-corrected chi connectivity index (χ2v) is 9.14. The lowest BCUT2D eigenvalue weighted by Gasteiger charge is -2.35. The molecule has 3 heterocycles. The molecule has 1 atom stereocenters. The summed E-state index contributed by atoms with van der Waals surface area (Å²) in [6.07, 6.45) is 0.710. The fourth-order valence-electron chi connectivity index (χ4n) is 4.04. The van der Waals surface area contributed by atoms with Gasteiger partial charge < -0.3 is 14.8 Å². The number of benzene rings is 1. The molecular weight excluding hydrogens is 430 g/mol. The number of nitrogens with zero attached hydrogens (tertiary/aromatic N) is 3. The van der Waals surface area contributed by atoms with E-state index in [2.05, 4.69) is 24.1 Å². The maximum atomic E-state index is 13.1. The molecule has 1 N–H and O–H groups in total. The van der Waals surface area contributed by atoms with Crippen molar-refractivity contribution in [3.63, 3.8) is 0 Å². The Morgan fingerprint density at radius 2 is 2.09 bits per heavy atom. The first-order valence-electron chi connectivity index (χ1n) is 11.0. The highest BCUT2D eigenvalue weighted by Crippen LogP contribution is 2.34. The number of alkyl halides is 2.